The highest BCUT2D eigenvalue weighted by atomic mass is 16.5. The summed E-state index contributed by atoms with van der Waals surface area (Å²) >= 11 is 0. The molecule has 1 fully saturated rings. The van der Waals surface area contributed by atoms with E-state index in [-0.39, 0.29) is 12.0 Å². The normalized spacial score (nSPS) is 22.5. The van der Waals surface area contributed by atoms with E-state index >= 15 is 0 Å². The Morgan fingerprint density at radius 2 is 2.16 bits per heavy atom. The lowest BCUT2D eigenvalue weighted by Crippen LogP contribution is -2.46. The molecule has 19 heavy (non-hydrogen) atoms. The van der Waals surface area contributed by atoms with Crippen LogP contribution in [0.3, 0.4) is 0 Å². The van der Waals surface area contributed by atoms with E-state index in [0.29, 0.717) is 5.41 Å². The topological polar surface area (TPSA) is 41.6 Å². The van der Waals surface area contributed by atoms with E-state index in [0.717, 1.165) is 38.5 Å². The third-order valence-corrected chi connectivity index (χ3v) is 4.06. The fourth-order valence-electron chi connectivity index (χ4n) is 2.65. The number of nitrogens with one attached hydrogen (secondary N) is 1. The van der Waals surface area contributed by atoms with Crippen LogP contribution in [0.5, 0.6) is 0 Å². The minimum atomic E-state index is -0.191. The molecule has 0 spiro atoms. The average molecular weight is 270 g/mol. The van der Waals surface area contributed by atoms with Gasteiger partial charge in [-0.3, -0.25) is 4.79 Å². The lowest BCUT2D eigenvalue weighted by Gasteiger charge is -2.28. The molecule has 0 saturated carbocycles. The van der Waals surface area contributed by atoms with Crippen LogP contribution >= 0.6 is 0 Å². The van der Waals surface area contributed by atoms with Gasteiger partial charge in [0.05, 0.1) is 7.11 Å². The molecule has 1 aliphatic heterocycles. The van der Waals surface area contributed by atoms with Gasteiger partial charge in [-0.25, -0.2) is 0 Å². The van der Waals surface area contributed by atoms with E-state index < -0.39 is 0 Å². The third-order valence-electron chi connectivity index (χ3n) is 4.06. The summed E-state index contributed by atoms with van der Waals surface area (Å²) < 4.78 is 4.89. The zero-order chi connectivity index (χ0) is 14.5. The van der Waals surface area contributed by atoms with Gasteiger partial charge < -0.3 is 15.0 Å². The molecule has 0 aliphatic carbocycles. The first kappa shape index (κ1) is 16.4. The summed E-state index contributed by atoms with van der Waals surface area (Å²) in [4.78, 5) is 14.2. The summed E-state index contributed by atoms with van der Waals surface area (Å²) in [5.41, 5.74) is 0.354. The van der Waals surface area contributed by atoms with Gasteiger partial charge in [0.15, 0.2) is 0 Å². The second kappa shape index (κ2) is 7.25. The summed E-state index contributed by atoms with van der Waals surface area (Å²) in [5.74, 6) is 0.574. The Morgan fingerprint density at radius 1 is 1.47 bits per heavy atom. The Hall–Kier alpha value is -0.610. The number of carbonyl (C=O) groups is 1. The monoisotopic (exact) mass is 270 g/mol. The smallest absolute Gasteiger partial charge is 0.324 e. The van der Waals surface area contributed by atoms with Crippen molar-refractivity contribution in [3.8, 4) is 0 Å². The molecule has 0 aromatic rings. The molecule has 1 N–H and O–H groups in total. The van der Waals surface area contributed by atoms with Crippen molar-refractivity contribution in [2.24, 2.45) is 11.3 Å². The predicted octanol–water partition coefficient (Wildman–Crippen LogP) is 1.90. The number of likely N-dealkylation sites (tertiary alicyclic amines) is 1. The Morgan fingerprint density at radius 3 is 2.63 bits per heavy atom. The average Bonchev–Trinajstić information content (AvgIpc) is 2.81. The van der Waals surface area contributed by atoms with E-state index in [1.165, 1.54) is 13.5 Å². The number of methoxy groups -OCH3 is 1. The minimum Gasteiger partial charge on any atom is -0.468 e. The van der Waals surface area contributed by atoms with E-state index in [4.69, 9.17) is 4.74 Å². The number of carbonyl (C=O) groups excluding carboxylic acids is 1. The van der Waals surface area contributed by atoms with Crippen LogP contribution in [0.1, 0.15) is 40.5 Å². The molecule has 0 aromatic carbocycles. The zero-order valence-electron chi connectivity index (χ0n) is 13.2. The van der Waals surface area contributed by atoms with Gasteiger partial charge in [-0.1, -0.05) is 27.7 Å². The molecule has 4 heteroatoms. The molecule has 1 aliphatic rings. The van der Waals surface area contributed by atoms with Crippen molar-refractivity contribution in [3.63, 3.8) is 0 Å². The molecular formula is C15H30N2O2. The molecule has 0 aromatic heterocycles. The SMILES string of the molecule is CCCNC(CN1CCC(C(C)(C)C)C1)C(=O)OC. The van der Waals surface area contributed by atoms with Crippen LogP contribution in [0.2, 0.25) is 0 Å². The van der Waals surface area contributed by atoms with Gasteiger partial charge in [0, 0.05) is 13.1 Å². The second-order valence-corrected chi connectivity index (χ2v) is 6.64. The van der Waals surface area contributed by atoms with Crippen molar-refractivity contribution < 1.29 is 9.53 Å². The first-order chi connectivity index (χ1) is 8.88. The van der Waals surface area contributed by atoms with Gasteiger partial charge in [0.1, 0.15) is 6.04 Å². The number of ether oxygens (including phenoxy) is 1. The van der Waals surface area contributed by atoms with Gasteiger partial charge >= 0.3 is 5.97 Å². The van der Waals surface area contributed by atoms with Crippen molar-refractivity contribution in [1.82, 2.24) is 10.2 Å². The molecule has 2 unspecified atom stereocenters. The van der Waals surface area contributed by atoms with Gasteiger partial charge in [0.2, 0.25) is 0 Å². The number of rotatable bonds is 6. The molecule has 0 radical (unpaired) electrons. The first-order valence-electron chi connectivity index (χ1n) is 7.42. The van der Waals surface area contributed by atoms with Crippen molar-refractivity contribution in [3.05, 3.63) is 0 Å². The Kier molecular flexibility index (Phi) is 6.27. The van der Waals surface area contributed by atoms with Crippen LogP contribution in [-0.2, 0) is 9.53 Å². The van der Waals surface area contributed by atoms with E-state index in [2.05, 4.69) is 37.9 Å². The molecule has 1 heterocycles. The number of nitrogens with zero attached hydrogens (tertiary/aromatic N) is 1. The summed E-state index contributed by atoms with van der Waals surface area (Å²) in [6, 6.07) is -0.191. The van der Waals surface area contributed by atoms with E-state index in [1.54, 1.807) is 0 Å². The zero-order valence-corrected chi connectivity index (χ0v) is 13.2. The number of hydrogen-bond acceptors (Lipinski definition) is 4. The van der Waals surface area contributed by atoms with Crippen LogP contribution in [0.25, 0.3) is 0 Å². The minimum absolute atomic E-state index is 0.146. The van der Waals surface area contributed by atoms with Crippen LogP contribution in [0, 0.1) is 11.3 Å². The van der Waals surface area contributed by atoms with Crippen molar-refractivity contribution in [1.29, 1.82) is 0 Å². The van der Waals surface area contributed by atoms with Gasteiger partial charge in [-0.05, 0) is 37.3 Å². The highest BCUT2D eigenvalue weighted by Gasteiger charge is 2.33. The molecule has 2 atom stereocenters. The highest BCUT2D eigenvalue weighted by molar-refractivity contribution is 5.75. The van der Waals surface area contributed by atoms with Crippen molar-refractivity contribution in [2.75, 3.05) is 33.3 Å². The molecule has 4 nitrogen and oxygen atoms in total. The molecule has 1 rings (SSSR count). The largest absolute Gasteiger partial charge is 0.468 e. The maximum atomic E-state index is 11.8. The van der Waals surface area contributed by atoms with E-state index in [1.807, 2.05) is 0 Å². The Labute approximate surface area is 117 Å². The lowest BCUT2D eigenvalue weighted by molar-refractivity contribution is -0.143. The molecule has 112 valence electrons. The molecule has 0 bridgehead atoms. The van der Waals surface area contributed by atoms with Gasteiger partial charge in [0.25, 0.3) is 0 Å². The summed E-state index contributed by atoms with van der Waals surface area (Å²) in [5, 5.41) is 3.28. The van der Waals surface area contributed by atoms with E-state index in [9.17, 15) is 4.79 Å². The second-order valence-electron chi connectivity index (χ2n) is 6.64. The quantitative estimate of drug-likeness (QED) is 0.749. The summed E-state index contributed by atoms with van der Waals surface area (Å²) in [6.07, 6.45) is 2.25. The number of esters is 1. The summed E-state index contributed by atoms with van der Waals surface area (Å²) in [7, 11) is 1.46. The molecule has 0 amide bonds. The summed E-state index contributed by atoms with van der Waals surface area (Å²) in [6.45, 7) is 12.8. The van der Waals surface area contributed by atoms with Crippen molar-refractivity contribution in [2.45, 2.75) is 46.6 Å². The maximum Gasteiger partial charge on any atom is 0.324 e. The van der Waals surface area contributed by atoms with Crippen molar-refractivity contribution >= 4 is 5.97 Å². The van der Waals surface area contributed by atoms with Gasteiger partial charge in [-0.15, -0.1) is 0 Å². The van der Waals surface area contributed by atoms with Crippen LogP contribution in [-0.4, -0.2) is 50.2 Å². The third kappa shape index (κ3) is 5.11. The maximum absolute atomic E-state index is 11.8. The number of hydrogen-bond donors (Lipinski definition) is 1. The highest BCUT2D eigenvalue weighted by Crippen LogP contribution is 2.33. The fraction of sp³-hybridized carbons (Fsp3) is 0.933. The van der Waals surface area contributed by atoms with Gasteiger partial charge in [-0.2, -0.15) is 0 Å². The van der Waals surface area contributed by atoms with Crippen LogP contribution in [0.15, 0.2) is 0 Å². The lowest BCUT2D eigenvalue weighted by atomic mass is 9.80. The Balaban J connectivity index is 2.49. The predicted molar refractivity (Wildman–Crippen MR) is 78.1 cm³/mol. The molecular weight excluding hydrogens is 240 g/mol. The van der Waals surface area contributed by atoms with Crippen LogP contribution < -0.4 is 5.32 Å². The standard InChI is InChI=1S/C15H30N2O2/c1-6-8-16-13(14(18)19-5)11-17-9-7-12(10-17)15(2,3)4/h12-13,16H,6-11H2,1-5H3. The molecule has 1 saturated heterocycles. The first-order valence-corrected chi connectivity index (χ1v) is 7.42. The Bertz CT molecular complexity index is 286. The van der Waals surface area contributed by atoms with Crippen LogP contribution in [0.4, 0.5) is 0 Å². The fourth-order valence-corrected chi connectivity index (χ4v) is 2.65.